The van der Waals surface area contributed by atoms with E-state index in [0.717, 1.165) is 11.3 Å². The highest BCUT2D eigenvalue weighted by Gasteiger charge is 2.58. The normalized spacial score (nSPS) is 27.3. The molecular formula is C17H23NO3. The molecule has 1 fully saturated rings. The van der Waals surface area contributed by atoms with Crippen molar-refractivity contribution in [1.29, 1.82) is 0 Å². The van der Waals surface area contributed by atoms with Gasteiger partial charge < -0.3 is 10.4 Å². The maximum Gasteiger partial charge on any atom is 0.309 e. The Morgan fingerprint density at radius 1 is 1.24 bits per heavy atom. The summed E-state index contributed by atoms with van der Waals surface area (Å²) in [7, 11) is 0. The molecule has 0 aromatic heterocycles. The van der Waals surface area contributed by atoms with E-state index in [9.17, 15) is 14.7 Å². The lowest BCUT2D eigenvalue weighted by atomic mass is 9.65. The SMILES string of the molecule is Cc1ccccc1NC(=O)[C@H]1CC[C@](C)(C(=O)O)C1(C)C. The summed E-state index contributed by atoms with van der Waals surface area (Å²) in [6.45, 7) is 7.46. The van der Waals surface area contributed by atoms with Gasteiger partial charge in [0, 0.05) is 11.6 Å². The fourth-order valence-electron chi connectivity index (χ4n) is 3.27. The molecule has 2 N–H and O–H groups in total. The molecule has 114 valence electrons. The molecule has 0 bridgehead atoms. The van der Waals surface area contributed by atoms with E-state index in [-0.39, 0.29) is 11.8 Å². The first-order valence-corrected chi connectivity index (χ1v) is 7.30. The minimum atomic E-state index is -0.860. The van der Waals surface area contributed by atoms with Crippen LogP contribution in [0.25, 0.3) is 0 Å². The van der Waals surface area contributed by atoms with E-state index in [0.29, 0.717) is 12.8 Å². The Morgan fingerprint density at radius 3 is 2.38 bits per heavy atom. The van der Waals surface area contributed by atoms with Crippen LogP contribution in [0.4, 0.5) is 5.69 Å². The fraction of sp³-hybridized carbons (Fsp3) is 0.529. The number of carbonyl (C=O) groups excluding carboxylic acids is 1. The predicted molar refractivity (Wildman–Crippen MR) is 82.1 cm³/mol. The third kappa shape index (κ3) is 2.43. The molecule has 1 aliphatic rings. The highest BCUT2D eigenvalue weighted by atomic mass is 16.4. The van der Waals surface area contributed by atoms with Crippen LogP contribution in [0.5, 0.6) is 0 Å². The van der Waals surface area contributed by atoms with Crippen molar-refractivity contribution in [1.82, 2.24) is 0 Å². The van der Waals surface area contributed by atoms with Gasteiger partial charge in [-0.05, 0) is 43.7 Å². The van der Waals surface area contributed by atoms with E-state index < -0.39 is 16.8 Å². The molecule has 4 nitrogen and oxygen atoms in total. The number of hydrogen-bond donors (Lipinski definition) is 2. The predicted octanol–water partition coefficient (Wildman–Crippen LogP) is 3.46. The van der Waals surface area contributed by atoms with E-state index in [1.807, 2.05) is 45.0 Å². The zero-order valence-corrected chi connectivity index (χ0v) is 13.1. The molecule has 1 saturated carbocycles. The Balaban J connectivity index is 2.22. The van der Waals surface area contributed by atoms with Gasteiger partial charge in [-0.3, -0.25) is 9.59 Å². The number of para-hydroxylation sites is 1. The van der Waals surface area contributed by atoms with Gasteiger partial charge in [0.25, 0.3) is 0 Å². The van der Waals surface area contributed by atoms with Gasteiger partial charge >= 0.3 is 5.97 Å². The zero-order chi connectivity index (χ0) is 15.8. The molecule has 21 heavy (non-hydrogen) atoms. The van der Waals surface area contributed by atoms with Crippen molar-refractivity contribution in [2.24, 2.45) is 16.7 Å². The van der Waals surface area contributed by atoms with Crippen LogP contribution < -0.4 is 5.32 Å². The highest BCUT2D eigenvalue weighted by molar-refractivity contribution is 5.95. The molecule has 0 heterocycles. The number of carboxylic acids is 1. The Kier molecular flexibility index (Phi) is 3.83. The standard InChI is InChI=1S/C17H23NO3/c1-11-7-5-6-8-13(11)18-14(19)12-9-10-17(4,15(20)21)16(12,2)3/h5-8,12H,9-10H2,1-4H3,(H,18,19)(H,20,21)/t12-,17-/m1/s1. The summed E-state index contributed by atoms with van der Waals surface area (Å²) < 4.78 is 0. The number of carbonyl (C=O) groups is 2. The summed E-state index contributed by atoms with van der Waals surface area (Å²) in [6, 6.07) is 7.61. The summed E-state index contributed by atoms with van der Waals surface area (Å²) >= 11 is 0. The molecule has 1 aromatic rings. The molecule has 1 aromatic carbocycles. The summed E-state index contributed by atoms with van der Waals surface area (Å²) in [6.07, 6.45) is 1.13. The van der Waals surface area contributed by atoms with Crippen LogP contribution in [0.15, 0.2) is 24.3 Å². The van der Waals surface area contributed by atoms with E-state index in [2.05, 4.69) is 5.32 Å². The van der Waals surface area contributed by atoms with Crippen LogP contribution >= 0.6 is 0 Å². The van der Waals surface area contributed by atoms with Gasteiger partial charge in [-0.25, -0.2) is 0 Å². The van der Waals surface area contributed by atoms with Crippen molar-refractivity contribution in [2.75, 3.05) is 5.32 Å². The number of rotatable bonds is 3. The Morgan fingerprint density at radius 2 is 1.86 bits per heavy atom. The number of hydrogen-bond acceptors (Lipinski definition) is 2. The Hall–Kier alpha value is -1.84. The number of benzene rings is 1. The minimum absolute atomic E-state index is 0.0840. The van der Waals surface area contributed by atoms with Gasteiger partial charge in [0.05, 0.1) is 5.41 Å². The topological polar surface area (TPSA) is 66.4 Å². The Bertz CT molecular complexity index is 579. The van der Waals surface area contributed by atoms with Crippen molar-refractivity contribution < 1.29 is 14.7 Å². The zero-order valence-electron chi connectivity index (χ0n) is 13.1. The average molecular weight is 289 g/mol. The first-order chi connectivity index (χ1) is 9.70. The lowest BCUT2D eigenvalue weighted by molar-refractivity contribution is -0.154. The summed E-state index contributed by atoms with van der Waals surface area (Å²) in [5.41, 5.74) is 0.358. The van der Waals surface area contributed by atoms with Crippen LogP contribution in [0.2, 0.25) is 0 Å². The van der Waals surface area contributed by atoms with Crippen LogP contribution in [0.3, 0.4) is 0 Å². The van der Waals surface area contributed by atoms with Crippen molar-refractivity contribution in [3.05, 3.63) is 29.8 Å². The van der Waals surface area contributed by atoms with Crippen molar-refractivity contribution in [3.8, 4) is 0 Å². The third-order valence-corrected chi connectivity index (χ3v) is 5.42. The highest BCUT2D eigenvalue weighted by Crippen LogP contribution is 2.56. The van der Waals surface area contributed by atoms with Gasteiger partial charge in [0.15, 0.2) is 0 Å². The molecule has 0 saturated heterocycles. The minimum Gasteiger partial charge on any atom is -0.481 e. The number of carboxylic acid groups (broad SMARTS) is 1. The summed E-state index contributed by atoms with van der Waals surface area (Å²) in [5, 5.41) is 12.5. The average Bonchev–Trinajstić information content (AvgIpc) is 2.64. The number of aliphatic carboxylic acids is 1. The molecule has 0 radical (unpaired) electrons. The fourth-order valence-corrected chi connectivity index (χ4v) is 3.27. The van der Waals surface area contributed by atoms with E-state index in [4.69, 9.17) is 0 Å². The van der Waals surface area contributed by atoms with Crippen molar-refractivity contribution >= 4 is 17.6 Å². The second-order valence-corrected chi connectivity index (χ2v) is 6.75. The molecule has 0 spiro atoms. The van der Waals surface area contributed by atoms with Crippen molar-refractivity contribution in [3.63, 3.8) is 0 Å². The largest absolute Gasteiger partial charge is 0.481 e. The smallest absolute Gasteiger partial charge is 0.309 e. The quantitative estimate of drug-likeness (QED) is 0.895. The van der Waals surface area contributed by atoms with E-state index >= 15 is 0 Å². The van der Waals surface area contributed by atoms with Crippen LogP contribution in [-0.4, -0.2) is 17.0 Å². The van der Waals surface area contributed by atoms with Crippen LogP contribution in [0, 0.1) is 23.7 Å². The van der Waals surface area contributed by atoms with Gasteiger partial charge in [-0.1, -0.05) is 32.0 Å². The summed E-state index contributed by atoms with van der Waals surface area (Å²) in [5.74, 6) is -1.20. The maximum absolute atomic E-state index is 12.6. The molecule has 2 atom stereocenters. The van der Waals surface area contributed by atoms with Gasteiger partial charge in [0.2, 0.25) is 5.91 Å². The van der Waals surface area contributed by atoms with Gasteiger partial charge in [-0.15, -0.1) is 0 Å². The molecular weight excluding hydrogens is 266 g/mol. The van der Waals surface area contributed by atoms with Gasteiger partial charge in [-0.2, -0.15) is 0 Å². The molecule has 0 unspecified atom stereocenters. The third-order valence-electron chi connectivity index (χ3n) is 5.42. The first-order valence-electron chi connectivity index (χ1n) is 7.30. The number of nitrogens with one attached hydrogen (secondary N) is 1. The van der Waals surface area contributed by atoms with E-state index in [1.54, 1.807) is 6.92 Å². The molecule has 1 aliphatic carbocycles. The van der Waals surface area contributed by atoms with Gasteiger partial charge in [0.1, 0.15) is 0 Å². The van der Waals surface area contributed by atoms with E-state index in [1.165, 1.54) is 0 Å². The number of amides is 1. The van der Waals surface area contributed by atoms with Crippen LogP contribution in [0.1, 0.15) is 39.2 Å². The molecule has 0 aliphatic heterocycles. The molecule has 4 heteroatoms. The first kappa shape index (κ1) is 15.5. The Labute approximate surface area is 125 Å². The van der Waals surface area contributed by atoms with Crippen LogP contribution in [-0.2, 0) is 9.59 Å². The number of aryl methyl sites for hydroxylation is 1. The summed E-state index contributed by atoms with van der Waals surface area (Å²) in [4.78, 5) is 24.2. The second kappa shape index (κ2) is 5.17. The maximum atomic E-state index is 12.6. The molecule has 1 amide bonds. The molecule has 2 rings (SSSR count). The lowest BCUT2D eigenvalue weighted by Crippen LogP contribution is -2.43. The number of anilines is 1. The van der Waals surface area contributed by atoms with Crippen molar-refractivity contribution in [2.45, 2.75) is 40.5 Å². The second-order valence-electron chi connectivity index (χ2n) is 6.75. The lowest BCUT2D eigenvalue weighted by Gasteiger charge is -2.37. The monoisotopic (exact) mass is 289 g/mol.